The van der Waals surface area contributed by atoms with Gasteiger partial charge in [0.05, 0.1) is 6.10 Å². The van der Waals surface area contributed by atoms with Gasteiger partial charge < -0.3 is 10.5 Å². The lowest BCUT2D eigenvalue weighted by molar-refractivity contribution is 0.0956. The number of benzene rings is 1. The number of aryl methyl sites for hydroxylation is 1. The number of methoxy groups -OCH3 is 1. The van der Waals surface area contributed by atoms with Crippen LogP contribution in [0.3, 0.4) is 0 Å². The van der Waals surface area contributed by atoms with Crippen LogP contribution in [-0.4, -0.2) is 19.3 Å². The van der Waals surface area contributed by atoms with Gasteiger partial charge in [0, 0.05) is 13.2 Å². The van der Waals surface area contributed by atoms with Gasteiger partial charge in [-0.05, 0) is 25.8 Å². The maximum absolute atomic E-state index is 5.97. The van der Waals surface area contributed by atoms with Crippen LogP contribution < -0.4 is 5.73 Å². The lowest BCUT2D eigenvalue weighted by Gasteiger charge is -2.18. The van der Waals surface area contributed by atoms with Crippen molar-refractivity contribution >= 4 is 0 Å². The van der Waals surface area contributed by atoms with Gasteiger partial charge in [-0.15, -0.1) is 0 Å². The minimum absolute atomic E-state index is 0.0720. The standard InChI is InChI=1S/C12H19NO/c1-9-4-6-11(7-5-9)8-12(13)10(2)14-3/h4-7,10,12H,8,13H2,1-3H3. The summed E-state index contributed by atoms with van der Waals surface area (Å²) in [6.45, 7) is 4.08. The van der Waals surface area contributed by atoms with Crippen molar-refractivity contribution in [3.63, 3.8) is 0 Å². The summed E-state index contributed by atoms with van der Waals surface area (Å²) in [7, 11) is 1.69. The summed E-state index contributed by atoms with van der Waals surface area (Å²) in [4.78, 5) is 0. The van der Waals surface area contributed by atoms with E-state index in [0.717, 1.165) is 6.42 Å². The SMILES string of the molecule is COC(C)C(N)Cc1ccc(C)cc1. The minimum Gasteiger partial charge on any atom is -0.380 e. The molecule has 0 saturated carbocycles. The zero-order valence-corrected chi connectivity index (χ0v) is 9.16. The molecule has 2 unspecified atom stereocenters. The van der Waals surface area contributed by atoms with E-state index in [2.05, 4.69) is 31.2 Å². The molecule has 0 spiro atoms. The molecule has 0 bridgehead atoms. The predicted octanol–water partition coefficient (Wildman–Crippen LogP) is 1.90. The molecule has 0 heterocycles. The monoisotopic (exact) mass is 193 g/mol. The summed E-state index contributed by atoms with van der Waals surface area (Å²) < 4.78 is 5.18. The van der Waals surface area contributed by atoms with Gasteiger partial charge in [0.25, 0.3) is 0 Å². The van der Waals surface area contributed by atoms with Gasteiger partial charge in [0.2, 0.25) is 0 Å². The van der Waals surface area contributed by atoms with Crippen molar-refractivity contribution in [2.45, 2.75) is 32.4 Å². The first kappa shape index (κ1) is 11.2. The van der Waals surface area contributed by atoms with Crippen LogP contribution in [-0.2, 0) is 11.2 Å². The smallest absolute Gasteiger partial charge is 0.0697 e. The fourth-order valence-electron chi connectivity index (χ4n) is 1.34. The van der Waals surface area contributed by atoms with Crippen molar-refractivity contribution in [2.24, 2.45) is 5.73 Å². The molecule has 2 heteroatoms. The Morgan fingerprint density at radius 3 is 2.36 bits per heavy atom. The normalized spacial score (nSPS) is 15.1. The number of hydrogen-bond acceptors (Lipinski definition) is 2. The predicted molar refractivity (Wildman–Crippen MR) is 59.3 cm³/mol. The molecule has 1 aromatic rings. The minimum atomic E-state index is 0.0720. The first-order chi connectivity index (χ1) is 6.63. The van der Waals surface area contributed by atoms with Crippen LogP contribution in [0.25, 0.3) is 0 Å². The average Bonchev–Trinajstić information content (AvgIpc) is 2.20. The number of ether oxygens (including phenoxy) is 1. The van der Waals surface area contributed by atoms with Crippen LogP contribution in [0.15, 0.2) is 24.3 Å². The molecular formula is C12H19NO. The summed E-state index contributed by atoms with van der Waals surface area (Å²) in [6, 6.07) is 8.54. The second-order valence-corrected chi connectivity index (χ2v) is 3.79. The molecule has 2 atom stereocenters. The first-order valence-electron chi connectivity index (χ1n) is 4.97. The molecule has 0 aromatic heterocycles. The molecule has 0 aliphatic heterocycles. The Labute approximate surface area is 86.1 Å². The molecule has 0 fully saturated rings. The molecule has 2 nitrogen and oxygen atoms in total. The molecule has 14 heavy (non-hydrogen) atoms. The Bertz CT molecular complexity index is 268. The van der Waals surface area contributed by atoms with E-state index < -0.39 is 0 Å². The van der Waals surface area contributed by atoms with Gasteiger partial charge in [-0.1, -0.05) is 29.8 Å². The molecule has 0 saturated heterocycles. The Morgan fingerprint density at radius 2 is 1.86 bits per heavy atom. The van der Waals surface area contributed by atoms with Gasteiger partial charge in [-0.2, -0.15) is 0 Å². The highest BCUT2D eigenvalue weighted by Crippen LogP contribution is 2.07. The van der Waals surface area contributed by atoms with Crippen LogP contribution in [0.5, 0.6) is 0 Å². The van der Waals surface area contributed by atoms with Crippen LogP contribution in [0, 0.1) is 6.92 Å². The third-order valence-electron chi connectivity index (χ3n) is 2.57. The Kier molecular flexibility index (Phi) is 4.11. The highest BCUT2D eigenvalue weighted by Gasteiger charge is 2.11. The molecule has 0 aliphatic carbocycles. The highest BCUT2D eigenvalue weighted by molar-refractivity contribution is 5.22. The van der Waals surface area contributed by atoms with Gasteiger partial charge >= 0.3 is 0 Å². The fourth-order valence-corrected chi connectivity index (χ4v) is 1.34. The van der Waals surface area contributed by atoms with Crippen molar-refractivity contribution in [1.82, 2.24) is 0 Å². The summed E-state index contributed by atoms with van der Waals surface area (Å²) in [5.41, 5.74) is 8.52. The summed E-state index contributed by atoms with van der Waals surface area (Å²) in [5, 5.41) is 0. The van der Waals surface area contributed by atoms with E-state index in [1.165, 1.54) is 11.1 Å². The Balaban J connectivity index is 2.56. The summed E-state index contributed by atoms with van der Waals surface area (Å²) in [6.07, 6.45) is 0.978. The Morgan fingerprint density at radius 1 is 1.29 bits per heavy atom. The summed E-state index contributed by atoms with van der Waals surface area (Å²) >= 11 is 0. The van der Waals surface area contributed by atoms with Crippen molar-refractivity contribution < 1.29 is 4.74 Å². The van der Waals surface area contributed by atoms with Gasteiger partial charge in [0.15, 0.2) is 0 Å². The second-order valence-electron chi connectivity index (χ2n) is 3.79. The van der Waals surface area contributed by atoms with Crippen molar-refractivity contribution in [3.05, 3.63) is 35.4 Å². The maximum atomic E-state index is 5.97. The number of nitrogens with two attached hydrogens (primary N) is 1. The quantitative estimate of drug-likeness (QED) is 0.792. The molecular weight excluding hydrogens is 174 g/mol. The molecule has 78 valence electrons. The molecule has 1 aromatic carbocycles. The molecule has 1 rings (SSSR count). The molecule has 0 aliphatic rings. The van der Waals surface area contributed by atoms with Crippen LogP contribution in [0.4, 0.5) is 0 Å². The van der Waals surface area contributed by atoms with Crippen molar-refractivity contribution in [2.75, 3.05) is 7.11 Å². The third kappa shape index (κ3) is 3.13. The zero-order chi connectivity index (χ0) is 10.6. The van der Waals surface area contributed by atoms with Gasteiger partial charge in [0.1, 0.15) is 0 Å². The average molecular weight is 193 g/mol. The number of hydrogen-bond donors (Lipinski definition) is 1. The summed E-state index contributed by atoms with van der Waals surface area (Å²) in [5.74, 6) is 0. The maximum Gasteiger partial charge on any atom is 0.0697 e. The topological polar surface area (TPSA) is 35.2 Å². The van der Waals surface area contributed by atoms with Gasteiger partial charge in [-0.25, -0.2) is 0 Å². The lowest BCUT2D eigenvalue weighted by Crippen LogP contribution is -2.35. The van der Waals surface area contributed by atoms with E-state index in [1.54, 1.807) is 7.11 Å². The van der Waals surface area contributed by atoms with Gasteiger partial charge in [-0.3, -0.25) is 0 Å². The van der Waals surface area contributed by atoms with Crippen LogP contribution in [0.2, 0.25) is 0 Å². The second kappa shape index (κ2) is 5.13. The Hall–Kier alpha value is -0.860. The third-order valence-corrected chi connectivity index (χ3v) is 2.57. The van der Waals surface area contributed by atoms with Crippen molar-refractivity contribution in [3.8, 4) is 0 Å². The zero-order valence-electron chi connectivity index (χ0n) is 9.16. The molecule has 0 amide bonds. The van der Waals surface area contributed by atoms with E-state index >= 15 is 0 Å². The van der Waals surface area contributed by atoms with E-state index in [0.29, 0.717) is 0 Å². The van der Waals surface area contributed by atoms with Crippen LogP contribution in [0.1, 0.15) is 18.1 Å². The molecule has 2 N–H and O–H groups in total. The van der Waals surface area contributed by atoms with E-state index in [4.69, 9.17) is 10.5 Å². The first-order valence-corrected chi connectivity index (χ1v) is 4.97. The van der Waals surface area contributed by atoms with E-state index in [9.17, 15) is 0 Å². The van der Waals surface area contributed by atoms with Crippen molar-refractivity contribution in [1.29, 1.82) is 0 Å². The van der Waals surface area contributed by atoms with Crippen LogP contribution >= 0.6 is 0 Å². The highest BCUT2D eigenvalue weighted by atomic mass is 16.5. The fraction of sp³-hybridized carbons (Fsp3) is 0.500. The lowest BCUT2D eigenvalue weighted by atomic mass is 10.0. The van der Waals surface area contributed by atoms with E-state index in [-0.39, 0.29) is 12.1 Å². The van der Waals surface area contributed by atoms with E-state index in [1.807, 2.05) is 6.92 Å². The molecule has 0 radical (unpaired) electrons. The number of rotatable bonds is 4. The largest absolute Gasteiger partial charge is 0.380 e.